The second-order valence-corrected chi connectivity index (χ2v) is 7.33. The minimum atomic E-state index is 0.329. The van der Waals surface area contributed by atoms with E-state index >= 15 is 0 Å². The summed E-state index contributed by atoms with van der Waals surface area (Å²) in [4.78, 5) is 4.31. The molecule has 1 atom stereocenters. The molecule has 0 aliphatic carbocycles. The molecule has 1 unspecified atom stereocenters. The first kappa shape index (κ1) is 17.0. The lowest BCUT2D eigenvalue weighted by Crippen LogP contribution is -2.61. The molecule has 120 valence electrons. The van der Waals surface area contributed by atoms with Crippen molar-refractivity contribution in [1.29, 1.82) is 0 Å². The smallest absolute Gasteiger partial charge is 0.0360 e. The lowest BCUT2D eigenvalue weighted by atomic mass is 9.80. The van der Waals surface area contributed by atoms with Gasteiger partial charge < -0.3 is 5.32 Å². The number of nitrogens with zero attached hydrogens (tertiary/aromatic N) is 1. The van der Waals surface area contributed by atoms with Crippen LogP contribution in [0.15, 0.2) is 17.5 Å². The van der Waals surface area contributed by atoms with Gasteiger partial charge in [0.1, 0.15) is 0 Å². The third-order valence-corrected chi connectivity index (χ3v) is 6.13. The lowest BCUT2D eigenvalue weighted by Gasteiger charge is -2.47. The second-order valence-electron chi connectivity index (χ2n) is 6.30. The maximum Gasteiger partial charge on any atom is 0.0360 e. The van der Waals surface area contributed by atoms with Gasteiger partial charge in [-0.2, -0.15) is 0 Å². The summed E-state index contributed by atoms with van der Waals surface area (Å²) < 4.78 is 0. The van der Waals surface area contributed by atoms with Gasteiger partial charge in [-0.1, -0.05) is 26.8 Å². The van der Waals surface area contributed by atoms with Crippen LogP contribution in [0, 0.1) is 0 Å². The number of thiophene rings is 1. The highest BCUT2D eigenvalue weighted by Gasteiger charge is 2.41. The molecule has 21 heavy (non-hydrogen) atoms. The van der Waals surface area contributed by atoms with Crippen LogP contribution in [0.3, 0.4) is 0 Å². The monoisotopic (exact) mass is 308 g/mol. The van der Waals surface area contributed by atoms with E-state index in [-0.39, 0.29) is 0 Å². The summed E-state index contributed by atoms with van der Waals surface area (Å²) in [5.74, 6) is 0. The van der Waals surface area contributed by atoms with E-state index in [1.807, 2.05) is 11.3 Å². The third kappa shape index (κ3) is 3.88. The van der Waals surface area contributed by atoms with Crippen molar-refractivity contribution >= 4 is 11.3 Å². The molecule has 0 bridgehead atoms. The molecular formula is C18H32N2S. The molecule has 1 fully saturated rings. The maximum absolute atomic E-state index is 3.89. The SMILES string of the molecule is CCCNC(Cc1cccs1)C(CC)(CC)N1CCCC1. The molecule has 0 aromatic carbocycles. The number of nitrogens with one attached hydrogen (secondary N) is 1. The molecule has 0 radical (unpaired) electrons. The first-order valence-corrected chi connectivity index (χ1v) is 9.65. The number of hydrogen-bond acceptors (Lipinski definition) is 3. The van der Waals surface area contributed by atoms with Gasteiger partial charge in [0.05, 0.1) is 0 Å². The van der Waals surface area contributed by atoms with Crippen LogP contribution in [0.4, 0.5) is 0 Å². The molecule has 1 aliphatic heterocycles. The van der Waals surface area contributed by atoms with Crippen molar-refractivity contribution in [3.05, 3.63) is 22.4 Å². The molecule has 1 aromatic heterocycles. The Morgan fingerprint density at radius 3 is 2.48 bits per heavy atom. The zero-order valence-electron chi connectivity index (χ0n) is 14.0. The average molecular weight is 309 g/mol. The molecule has 1 aliphatic rings. The van der Waals surface area contributed by atoms with Gasteiger partial charge in [-0.05, 0) is 69.6 Å². The Hall–Kier alpha value is -0.380. The summed E-state index contributed by atoms with van der Waals surface area (Å²) in [6.07, 6.45) is 7.63. The predicted molar refractivity (Wildman–Crippen MR) is 94.2 cm³/mol. The van der Waals surface area contributed by atoms with Crippen LogP contribution >= 0.6 is 11.3 Å². The first-order valence-electron chi connectivity index (χ1n) is 8.77. The minimum Gasteiger partial charge on any atom is -0.312 e. The van der Waals surface area contributed by atoms with Crippen molar-refractivity contribution in [1.82, 2.24) is 10.2 Å². The quantitative estimate of drug-likeness (QED) is 0.731. The fraction of sp³-hybridized carbons (Fsp3) is 0.778. The lowest BCUT2D eigenvalue weighted by molar-refractivity contribution is 0.0623. The first-order chi connectivity index (χ1) is 10.3. The molecule has 2 nitrogen and oxygen atoms in total. The van der Waals surface area contributed by atoms with E-state index in [0.29, 0.717) is 11.6 Å². The molecular weight excluding hydrogens is 276 g/mol. The largest absolute Gasteiger partial charge is 0.312 e. The maximum atomic E-state index is 3.89. The molecule has 2 heterocycles. The van der Waals surface area contributed by atoms with Crippen molar-refractivity contribution in [2.24, 2.45) is 0 Å². The van der Waals surface area contributed by atoms with Crippen molar-refractivity contribution in [2.45, 2.75) is 70.9 Å². The standard InChI is InChI=1S/C18H32N2S/c1-4-11-19-17(15-16-10-9-14-21-16)18(5-2,6-3)20-12-7-8-13-20/h9-10,14,17,19H,4-8,11-13,15H2,1-3H3. The van der Waals surface area contributed by atoms with Gasteiger partial charge in [0.15, 0.2) is 0 Å². The van der Waals surface area contributed by atoms with Crippen molar-refractivity contribution < 1.29 is 0 Å². The van der Waals surface area contributed by atoms with Crippen LogP contribution in [0.5, 0.6) is 0 Å². The molecule has 0 spiro atoms. The highest BCUT2D eigenvalue weighted by Crippen LogP contribution is 2.33. The molecule has 1 saturated heterocycles. The highest BCUT2D eigenvalue weighted by atomic mass is 32.1. The molecule has 3 heteroatoms. The van der Waals surface area contributed by atoms with Crippen LogP contribution in [0.1, 0.15) is 57.8 Å². The molecule has 1 aromatic rings. The topological polar surface area (TPSA) is 15.3 Å². The predicted octanol–water partition coefficient (Wildman–Crippen LogP) is 4.31. The number of hydrogen-bond donors (Lipinski definition) is 1. The molecule has 1 N–H and O–H groups in total. The van der Waals surface area contributed by atoms with Crippen LogP contribution in [-0.4, -0.2) is 36.1 Å². The van der Waals surface area contributed by atoms with E-state index in [1.54, 1.807) is 0 Å². The summed E-state index contributed by atoms with van der Waals surface area (Å²) in [6, 6.07) is 5.06. The third-order valence-electron chi connectivity index (χ3n) is 5.24. The number of rotatable bonds is 9. The Bertz CT molecular complexity index is 378. The molecule has 0 amide bonds. The van der Waals surface area contributed by atoms with E-state index < -0.39 is 0 Å². The van der Waals surface area contributed by atoms with Crippen LogP contribution in [0.25, 0.3) is 0 Å². The fourth-order valence-corrected chi connectivity index (χ4v) is 4.73. The zero-order valence-corrected chi connectivity index (χ0v) is 14.8. The summed E-state index contributed by atoms with van der Waals surface area (Å²) >= 11 is 1.91. The Balaban J connectivity index is 2.20. The van der Waals surface area contributed by atoms with Gasteiger partial charge >= 0.3 is 0 Å². The summed E-state index contributed by atoms with van der Waals surface area (Å²) in [6.45, 7) is 10.7. The normalized spacial score (nSPS) is 18.2. The van der Waals surface area contributed by atoms with Gasteiger partial charge in [0.2, 0.25) is 0 Å². The van der Waals surface area contributed by atoms with Crippen LogP contribution in [-0.2, 0) is 6.42 Å². The minimum absolute atomic E-state index is 0.329. The van der Waals surface area contributed by atoms with Crippen LogP contribution < -0.4 is 5.32 Å². The van der Waals surface area contributed by atoms with Crippen molar-refractivity contribution in [3.8, 4) is 0 Å². The number of likely N-dealkylation sites (tertiary alicyclic amines) is 1. The Labute approximate surface area is 134 Å². The van der Waals surface area contributed by atoms with Gasteiger partial charge in [0.25, 0.3) is 0 Å². The second kappa shape index (κ2) is 8.30. The Morgan fingerprint density at radius 2 is 1.95 bits per heavy atom. The van der Waals surface area contributed by atoms with Gasteiger partial charge in [-0.3, -0.25) is 4.90 Å². The Morgan fingerprint density at radius 1 is 1.24 bits per heavy atom. The van der Waals surface area contributed by atoms with E-state index in [1.165, 1.54) is 56.5 Å². The molecule has 2 rings (SSSR count). The van der Waals surface area contributed by atoms with Gasteiger partial charge in [-0.15, -0.1) is 11.3 Å². The zero-order chi connectivity index (χ0) is 15.1. The summed E-state index contributed by atoms with van der Waals surface area (Å²) in [7, 11) is 0. The van der Waals surface area contributed by atoms with E-state index in [4.69, 9.17) is 0 Å². The average Bonchev–Trinajstić information content (AvgIpc) is 3.20. The van der Waals surface area contributed by atoms with Crippen LogP contribution in [0.2, 0.25) is 0 Å². The van der Waals surface area contributed by atoms with Crippen molar-refractivity contribution in [3.63, 3.8) is 0 Å². The Kier molecular flexibility index (Phi) is 6.72. The highest BCUT2D eigenvalue weighted by molar-refractivity contribution is 7.09. The van der Waals surface area contributed by atoms with E-state index in [9.17, 15) is 0 Å². The summed E-state index contributed by atoms with van der Waals surface area (Å²) in [5, 5.41) is 6.10. The molecule has 0 saturated carbocycles. The van der Waals surface area contributed by atoms with Gasteiger partial charge in [-0.25, -0.2) is 0 Å². The van der Waals surface area contributed by atoms with Gasteiger partial charge in [0, 0.05) is 16.5 Å². The van der Waals surface area contributed by atoms with Crippen molar-refractivity contribution in [2.75, 3.05) is 19.6 Å². The van der Waals surface area contributed by atoms with E-state index in [2.05, 4.69) is 48.5 Å². The fourth-order valence-electron chi connectivity index (χ4n) is 3.97. The van der Waals surface area contributed by atoms with E-state index in [0.717, 1.165) is 6.54 Å². The summed E-state index contributed by atoms with van der Waals surface area (Å²) in [5.41, 5.74) is 0.329.